The molecule has 0 saturated carbocycles. The van der Waals surface area contributed by atoms with E-state index in [2.05, 4.69) is 0 Å². The van der Waals surface area contributed by atoms with E-state index in [4.69, 9.17) is 33.2 Å². The monoisotopic (exact) mass is 585 g/mol. The summed E-state index contributed by atoms with van der Waals surface area (Å²) in [4.78, 5) is 61.6. The van der Waals surface area contributed by atoms with Crippen molar-refractivity contribution in [2.24, 2.45) is 0 Å². The first-order valence-electron chi connectivity index (χ1n) is 12.6. The van der Waals surface area contributed by atoms with E-state index in [1.165, 1.54) is 30.2 Å². The number of ether oxygens (including phenoxy) is 7. The number of methoxy groups -OCH3 is 1. The molecule has 1 amide bonds. The maximum absolute atomic E-state index is 12.9. The van der Waals surface area contributed by atoms with E-state index in [0.29, 0.717) is 0 Å². The molecule has 0 aromatic heterocycles. The minimum absolute atomic E-state index is 0.00923. The molecule has 1 saturated heterocycles. The molecule has 0 spiro atoms. The van der Waals surface area contributed by atoms with Gasteiger partial charge in [-0.25, -0.2) is 0 Å². The number of benzene rings is 1. The largest absolute Gasteiger partial charge is 0.493 e. The minimum atomic E-state index is -1.51. The number of nitrogens with zero attached hydrogens (tertiary/aromatic N) is 1. The van der Waals surface area contributed by atoms with Gasteiger partial charge in [-0.2, -0.15) is 0 Å². The quantitative estimate of drug-likeness (QED) is 0.224. The van der Waals surface area contributed by atoms with Gasteiger partial charge < -0.3 is 48.3 Å². The molecule has 2 N–H and O–H groups in total. The fraction of sp³-hybridized carbons (Fsp3) is 0.577. The van der Waals surface area contributed by atoms with Crippen LogP contribution in [0.3, 0.4) is 0 Å². The van der Waals surface area contributed by atoms with E-state index >= 15 is 0 Å². The Morgan fingerprint density at radius 1 is 0.805 bits per heavy atom. The first-order chi connectivity index (χ1) is 19.4. The second kappa shape index (κ2) is 15.7. The van der Waals surface area contributed by atoms with Gasteiger partial charge in [-0.05, 0) is 18.2 Å². The van der Waals surface area contributed by atoms with Gasteiger partial charge in [-0.3, -0.25) is 24.0 Å². The third kappa shape index (κ3) is 9.58. The number of carbonyl (C=O) groups is 5. The van der Waals surface area contributed by atoms with Crippen LogP contribution in [0.2, 0.25) is 0 Å². The minimum Gasteiger partial charge on any atom is -0.493 e. The van der Waals surface area contributed by atoms with Gasteiger partial charge in [0.15, 0.2) is 23.7 Å². The van der Waals surface area contributed by atoms with Gasteiger partial charge in [0, 0.05) is 46.3 Å². The smallest absolute Gasteiger partial charge is 0.303 e. The van der Waals surface area contributed by atoms with Crippen LogP contribution in [0.25, 0.3) is 0 Å². The van der Waals surface area contributed by atoms with Crippen LogP contribution in [0.5, 0.6) is 11.5 Å². The Morgan fingerprint density at radius 3 is 1.88 bits per heavy atom. The topological polar surface area (TPSA) is 194 Å². The SMILES string of the molecule is COc1cc(C(=O)N(CCO)CCO)ccc1O[C@H]1O[C@H](COC(C)=O)[C@@H](OC(C)=O)[C@H](OC(C)=O)[C@H]1OC(C)=O. The van der Waals surface area contributed by atoms with Gasteiger partial charge in [0.2, 0.25) is 12.4 Å². The number of esters is 4. The summed E-state index contributed by atoms with van der Waals surface area (Å²) in [6.07, 6.45) is -6.99. The van der Waals surface area contributed by atoms with Crippen LogP contribution in [-0.2, 0) is 42.9 Å². The Morgan fingerprint density at radius 2 is 1.37 bits per heavy atom. The summed E-state index contributed by atoms with van der Waals surface area (Å²) in [5.41, 5.74) is 0.151. The van der Waals surface area contributed by atoms with Crippen molar-refractivity contribution in [3.05, 3.63) is 23.8 Å². The maximum Gasteiger partial charge on any atom is 0.303 e. The van der Waals surface area contributed by atoms with Crippen molar-refractivity contribution in [1.29, 1.82) is 0 Å². The average Bonchev–Trinajstić information content (AvgIpc) is 2.89. The van der Waals surface area contributed by atoms with Crippen LogP contribution in [0.1, 0.15) is 38.1 Å². The molecule has 1 heterocycles. The summed E-state index contributed by atoms with van der Waals surface area (Å²) >= 11 is 0. The lowest BCUT2D eigenvalue weighted by Gasteiger charge is -2.44. The number of aliphatic hydroxyl groups excluding tert-OH is 2. The number of amides is 1. The lowest BCUT2D eigenvalue weighted by molar-refractivity contribution is -0.288. The zero-order valence-electron chi connectivity index (χ0n) is 23.4. The predicted molar refractivity (Wildman–Crippen MR) is 136 cm³/mol. The Hall–Kier alpha value is -3.95. The molecule has 15 heteroatoms. The molecular formula is C26H35NO14. The van der Waals surface area contributed by atoms with Gasteiger partial charge in [0.25, 0.3) is 5.91 Å². The summed E-state index contributed by atoms with van der Waals surface area (Å²) in [6.45, 7) is 3.37. The Bertz CT molecular complexity index is 1090. The molecular weight excluding hydrogens is 550 g/mol. The van der Waals surface area contributed by atoms with Crippen molar-refractivity contribution in [2.45, 2.75) is 58.4 Å². The number of rotatable bonds is 13. The zero-order valence-corrected chi connectivity index (χ0v) is 23.4. The van der Waals surface area contributed by atoms with E-state index in [-0.39, 0.29) is 43.4 Å². The summed E-state index contributed by atoms with van der Waals surface area (Å²) < 4.78 is 38.4. The summed E-state index contributed by atoms with van der Waals surface area (Å²) in [7, 11) is 1.31. The number of carbonyl (C=O) groups excluding carboxylic acids is 5. The van der Waals surface area contributed by atoms with Crippen molar-refractivity contribution >= 4 is 29.8 Å². The molecule has 0 radical (unpaired) electrons. The highest BCUT2D eigenvalue weighted by atomic mass is 16.7. The van der Waals surface area contributed by atoms with Crippen molar-refractivity contribution in [3.8, 4) is 11.5 Å². The van der Waals surface area contributed by atoms with Gasteiger partial charge >= 0.3 is 23.9 Å². The normalized spacial score (nSPS) is 21.7. The van der Waals surface area contributed by atoms with Crippen LogP contribution in [-0.4, -0.2) is 116 Å². The summed E-state index contributed by atoms with van der Waals surface area (Å²) in [5.74, 6) is -3.47. The third-order valence-corrected chi connectivity index (χ3v) is 5.63. The van der Waals surface area contributed by atoms with Crippen LogP contribution in [0.4, 0.5) is 0 Å². The lowest BCUT2D eigenvalue weighted by atomic mass is 9.98. The van der Waals surface area contributed by atoms with Crippen LogP contribution >= 0.6 is 0 Å². The molecule has 1 aliphatic heterocycles. The first-order valence-corrected chi connectivity index (χ1v) is 12.6. The van der Waals surface area contributed by atoms with Gasteiger partial charge in [-0.15, -0.1) is 0 Å². The second-order valence-corrected chi connectivity index (χ2v) is 8.79. The molecule has 1 aromatic carbocycles. The van der Waals surface area contributed by atoms with Gasteiger partial charge in [-0.1, -0.05) is 0 Å². The van der Waals surface area contributed by atoms with Crippen molar-refractivity contribution in [2.75, 3.05) is 40.0 Å². The molecule has 0 bridgehead atoms. The highest BCUT2D eigenvalue weighted by Crippen LogP contribution is 2.35. The Balaban J connectivity index is 2.50. The van der Waals surface area contributed by atoms with Crippen molar-refractivity contribution in [3.63, 3.8) is 0 Å². The molecule has 1 fully saturated rings. The molecule has 228 valence electrons. The van der Waals surface area contributed by atoms with E-state index in [1.54, 1.807) is 0 Å². The molecule has 15 nitrogen and oxygen atoms in total. The number of aliphatic hydroxyl groups is 2. The molecule has 0 unspecified atom stereocenters. The zero-order chi connectivity index (χ0) is 30.7. The highest BCUT2D eigenvalue weighted by molar-refractivity contribution is 5.95. The third-order valence-electron chi connectivity index (χ3n) is 5.63. The molecule has 0 aliphatic carbocycles. The fourth-order valence-electron chi connectivity index (χ4n) is 4.05. The van der Waals surface area contributed by atoms with Crippen LogP contribution in [0, 0.1) is 0 Å². The summed E-state index contributed by atoms with van der Waals surface area (Å²) in [6, 6.07) is 4.12. The van der Waals surface area contributed by atoms with E-state index < -0.39 is 67.1 Å². The predicted octanol–water partition coefficient (Wildman–Crippen LogP) is -0.416. The van der Waals surface area contributed by atoms with Crippen molar-refractivity contribution in [1.82, 2.24) is 4.90 Å². The fourth-order valence-corrected chi connectivity index (χ4v) is 4.05. The summed E-state index contributed by atoms with van der Waals surface area (Å²) in [5, 5.41) is 18.5. The van der Waals surface area contributed by atoms with Crippen LogP contribution < -0.4 is 9.47 Å². The Labute approximate surface area is 236 Å². The van der Waals surface area contributed by atoms with E-state index in [9.17, 15) is 34.2 Å². The average molecular weight is 586 g/mol. The molecule has 2 rings (SSSR count). The van der Waals surface area contributed by atoms with Crippen molar-refractivity contribution < 1.29 is 67.3 Å². The standard InChI is InChI=1S/C26H35NO14/c1-14(30)36-13-21-22(37-15(2)31)23(38-16(3)32)24(39-17(4)33)26(41-21)40-19-7-6-18(12-20(19)35-5)25(34)27(8-10-28)9-11-29/h6-7,12,21-24,26,28-29H,8-11,13H2,1-5H3/t21-,22-,23+,24-,26+/m1/s1. The number of hydrogen-bond donors (Lipinski definition) is 2. The highest BCUT2D eigenvalue weighted by Gasteiger charge is 2.53. The number of hydrogen-bond acceptors (Lipinski definition) is 14. The lowest BCUT2D eigenvalue weighted by Crippen LogP contribution is -2.63. The van der Waals surface area contributed by atoms with Crippen LogP contribution in [0.15, 0.2) is 18.2 Å². The molecule has 1 aliphatic rings. The Kier molecular flexibility index (Phi) is 12.8. The molecule has 1 aromatic rings. The van der Waals surface area contributed by atoms with Gasteiger partial charge in [0.1, 0.15) is 12.7 Å². The molecule has 41 heavy (non-hydrogen) atoms. The maximum atomic E-state index is 12.9. The first kappa shape index (κ1) is 33.3. The molecule has 5 atom stereocenters. The second-order valence-electron chi connectivity index (χ2n) is 8.79. The van der Waals surface area contributed by atoms with Gasteiger partial charge in [0.05, 0.1) is 20.3 Å². The van der Waals surface area contributed by atoms with E-state index in [0.717, 1.165) is 27.7 Å². The van der Waals surface area contributed by atoms with E-state index in [1.807, 2.05) is 0 Å².